The van der Waals surface area contributed by atoms with Crippen LogP contribution in [0.25, 0.3) is 22.3 Å². The SMILES string of the molecule is O=c1cc(-c2ccc(OS(=O)(=O)C(F)(F)F)cc2)oc2cc(OS(=O)(=O)C(F)(F)F)ccc12. The van der Waals surface area contributed by atoms with Crippen molar-refractivity contribution in [3.63, 3.8) is 0 Å². The predicted molar refractivity (Wildman–Crippen MR) is 99.1 cm³/mol. The number of rotatable bonds is 5. The molecule has 0 saturated carbocycles. The van der Waals surface area contributed by atoms with Crippen LogP contribution in [0.1, 0.15) is 0 Å². The summed E-state index contributed by atoms with van der Waals surface area (Å²) >= 11 is 0. The van der Waals surface area contributed by atoms with Crippen molar-refractivity contribution in [2.75, 3.05) is 0 Å². The first kappa shape index (κ1) is 24.4. The Hall–Kier alpha value is -3.27. The maximum absolute atomic E-state index is 12.5. The van der Waals surface area contributed by atoms with Crippen LogP contribution >= 0.6 is 0 Å². The van der Waals surface area contributed by atoms with Gasteiger partial charge in [0, 0.05) is 17.7 Å². The summed E-state index contributed by atoms with van der Waals surface area (Å²) in [5.74, 6) is -1.73. The zero-order valence-corrected chi connectivity index (χ0v) is 17.1. The van der Waals surface area contributed by atoms with E-state index in [-0.39, 0.29) is 22.3 Å². The summed E-state index contributed by atoms with van der Waals surface area (Å²) in [5, 5.41) is -0.147. The van der Waals surface area contributed by atoms with Crippen molar-refractivity contribution in [1.29, 1.82) is 0 Å². The smallest absolute Gasteiger partial charge is 0.456 e. The number of benzene rings is 2. The van der Waals surface area contributed by atoms with E-state index in [4.69, 9.17) is 4.42 Å². The lowest BCUT2D eigenvalue weighted by atomic mass is 10.1. The Morgan fingerprint density at radius 3 is 1.70 bits per heavy atom. The molecule has 33 heavy (non-hydrogen) atoms. The second kappa shape index (κ2) is 7.95. The molecule has 178 valence electrons. The van der Waals surface area contributed by atoms with Crippen LogP contribution in [-0.4, -0.2) is 27.9 Å². The number of fused-ring (bicyclic) bond motifs is 1. The molecule has 0 bridgehead atoms. The van der Waals surface area contributed by atoms with E-state index < -0.39 is 48.2 Å². The molecule has 0 aliphatic carbocycles. The van der Waals surface area contributed by atoms with Crippen LogP contribution in [0.3, 0.4) is 0 Å². The Labute approximate surface area is 180 Å². The van der Waals surface area contributed by atoms with Crippen LogP contribution in [0.2, 0.25) is 0 Å². The van der Waals surface area contributed by atoms with Gasteiger partial charge in [0.2, 0.25) is 0 Å². The quantitative estimate of drug-likeness (QED) is 0.284. The van der Waals surface area contributed by atoms with Gasteiger partial charge in [-0.3, -0.25) is 4.79 Å². The molecule has 0 radical (unpaired) electrons. The standard InChI is InChI=1S/C17H8F6O8S2/c18-16(19,20)32(25,26)30-10-3-1-9(2-4-10)14-8-13(24)12-6-5-11(7-15(12)29-14)31-33(27,28)17(21,22)23/h1-8H. The molecule has 1 heterocycles. The molecular weight excluding hydrogens is 510 g/mol. The third-order valence-corrected chi connectivity index (χ3v) is 5.78. The molecule has 0 unspecified atom stereocenters. The van der Waals surface area contributed by atoms with Gasteiger partial charge in [0.25, 0.3) is 0 Å². The summed E-state index contributed by atoms with van der Waals surface area (Å²) in [5.41, 5.74) is -12.4. The topological polar surface area (TPSA) is 117 Å². The van der Waals surface area contributed by atoms with E-state index in [9.17, 15) is 48.0 Å². The summed E-state index contributed by atoms with van der Waals surface area (Å²) < 4.78 is 132. The normalized spacial score (nSPS) is 13.2. The highest BCUT2D eigenvalue weighted by atomic mass is 32.2. The largest absolute Gasteiger partial charge is 0.534 e. The van der Waals surface area contributed by atoms with E-state index in [2.05, 4.69) is 8.37 Å². The summed E-state index contributed by atoms with van der Waals surface area (Å²) in [6.45, 7) is 0. The molecule has 0 spiro atoms. The van der Waals surface area contributed by atoms with E-state index in [0.29, 0.717) is 0 Å². The van der Waals surface area contributed by atoms with E-state index in [1.165, 1.54) is 0 Å². The fourth-order valence-electron chi connectivity index (χ4n) is 2.35. The molecule has 8 nitrogen and oxygen atoms in total. The molecule has 0 N–H and O–H groups in total. The van der Waals surface area contributed by atoms with Crippen LogP contribution in [0, 0.1) is 0 Å². The average Bonchev–Trinajstić information content (AvgIpc) is 2.66. The molecule has 0 aliphatic rings. The zero-order chi connectivity index (χ0) is 24.8. The number of halogens is 6. The minimum absolute atomic E-state index is 0.0417. The lowest BCUT2D eigenvalue weighted by molar-refractivity contribution is -0.0504. The van der Waals surface area contributed by atoms with E-state index in [0.717, 1.165) is 48.5 Å². The van der Waals surface area contributed by atoms with Gasteiger partial charge in [-0.2, -0.15) is 43.2 Å². The van der Waals surface area contributed by atoms with E-state index >= 15 is 0 Å². The second-order valence-corrected chi connectivity index (χ2v) is 9.20. The van der Waals surface area contributed by atoms with Gasteiger partial charge in [-0.1, -0.05) is 0 Å². The minimum atomic E-state index is -5.99. The summed E-state index contributed by atoms with van der Waals surface area (Å²) in [6.07, 6.45) is 0. The maximum atomic E-state index is 12.5. The monoisotopic (exact) mass is 518 g/mol. The second-order valence-electron chi connectivity index (χ2n) is 6.12. The van der Waals surface area contributed by atoms with Gasteiger partial charge < -0.3 is 12.8 Å². The maximum Gasteiger partial charge on any atom is 0.534 e. The van der Waals surface area contributed by atoms with Crippen LogP contribution in [0.4, 0.5) is 26.3 Å². The Morgan fingerprint density at radius 2 is 1.18 bits per heavy atom. The van der Waals surface area contributed by atoms with Crippen molar-refractivity contribution in [2.24, 2.45) is 0 Å². The van der Waals surface area contributed by atoms with Crippen molar-refractivity contribution in [2.45, 2.75) is 11.0 Å². The van der Waals surface area contributed by atoms with Gasteiger partial charge in [0.1, 0.15) is 22.8 Å². The van der Waals surface area contributed by atoms with E-state index in [1.807, 2.05) is 0 Å². The van der Waals surface area contributed by atoms with Gasteiger partial charge in [0.15, 0.2) is 5.43 Å². The molecule has 3 aromatic rings. The number of alkyl halides is 6. The van der Waals surface area contributed by atoms with Crippen LogP contribution in [-0.2, 0) is 20.2 Å². The third kappa shape index (κ3) is 5.05. The summed E-state index contributed by atoms with van der Waals surface area (Å²) in [6, 6.07) is 7.17. The van der Waals surface area contributed by atoms with Crippen molar-refractivity contribution >= 4 is 31.2 Å². The first-order chi connectivity index (χ1) is 15.0. The Kier molecular flexibility index (Phi) is 5.87. The van der Waals surface area contributed by atoms with Gasteiger partial charge in [0.05, 0.1) is 5.39 Å². The Morgan fingerprint density at radius 1 is 0.697 bits per heavy atom. The van der Waals surface area contributed by atoms with Crippen LogP contribution < -0.4 is 13.8 Å². The molecule has 1 aromatic heterocycles. The van der Waals surface area contributed by atoms with Crippen molar-refractivity contribution in [1.82, 2.24) is 0 Å². The predicted octanol–water partition coefficient (Wildman–Crippen LogP) is 3.92. The van der Waals surface area contributed by atoms with Crippen LogP contribution in [0.15, 0.2) is 57.7 Å². The number of hydrogen-bond acceptors (Lipinski definition) is 8. The molecule has 16 heteroatoms. The van der Waals surface area contributed by atoms with E-state index in [1.54, 1.807) is 0 Å². The van der Waals surface area contributed by atoms with Gasteiger partial charge in [-0.05, 0) is 36.4 Å². The lowest BCUT2D eigenvalue weighted by Crippen LogP contribution is -2.28. The highest BCUT2D eigenvalue weighted by Gasteiger charge is 2.49. The fourth-order valence-corrected chi connectivity index (χ4v) is 3.26. The summed E-state index contributed by atoms with van der Waals surface area (Å²) in [4.78, 5) is 12.3. The first-order valence-corrected chi connectivity index (χ1v) is 11.0. The van der Waals surface area contributed by atoms with Crippen molar-refractivity contribution in [3.8, 4) is 22.8 Å². The van der Waals surface area contributed by atoms with Crippen molar-refractivity contribution in [3.05, 3.63) is 58.8 Å². The lowest BCUT2D eigenvalue weighted by Gasteiger charge is -2.10. The first-order valence-electron chi connectivity index (χ1n) is 8.20. The molecule has 0 aliphatic heterocycles. The molecule has 2 aromatic carbocycles. The minimum Gasteiger partial charge on any atom is -0.456 e. The molecular formula is C17H8F6O8S2. The molecule has 3 rings (SSSR count). The van der Waals surface area contributed by atoms with Gasteiger partial charge >= 0.3 is 31.3 Å². The molecule has 0 amide bonds. The molecule has 0 saturated heterocycles. The zero-order valence-electron chi connectivity index (χ0n) is 15.5. The van der Waals surface area contributed by atoms with Gasteiger partial charge in [-0.15, -0.1) is 0 Å². The molecule has 0 atom stereocenters. The number of hydrogen-bond donors (Lipinski definition) is 0. The Bertz CT molecular complexity index is 1470. The molecule has 0 fully saturated rings. The fraction of sp³-hybridized carbons (Fsp3) is 0.118. The summed E-state index contributed by atoms with van der Waals surface area (Å²) in [7, 11) is -11.9. The highest BCUT2D eigenvalue weighted by Crippen LogP contribution is 2.31. The van der Waals surface area contributed by atoms with Crippen LogP contribution in [0.5, 0.6) is 11.5 Å². The average molecular weight is 518 g/mol. The van der Waals surface area contributed by atoms with Gasteiger partial charge in [-0.25, -0.2) is 0 Å². The Balaban J connectivity index is 1.96. The highest BCUT2D eigenvalue weighted by molar-refractivity contribution is 7.88. The van der Waals surface area contributed by atoms with Crippen molar-refractivity contribution < 1.29 is 56.0 Å². The third-order valence-electron chi connectivity index (χ3n) is 3.82.